The first-order chi connectivity index (χ1) is 6.74. The fourth-order valence-electron chi connectivity index (χ4n) is 2.70. The summed E-state index contributed by atoms with van der Waals surface area (Å²) in [5.41, 5.74) is 0.0697. The first-order valence-corrected chi connectivity index (χ1v) is 6.10. The second kappa shape index (κ2) is 4.19. The van der Waals surface area contributed by atoms with E-state index in [-0.39, 0.29) is 5.54 Å². The molecule has 0 bridgehead atoms. The standard InChI is InChI=1S/C12H23NO/c1-10-3-2-6-12(7-10,9-14)13-8-11-4-5-11/h10-11,13-14H,2-9H2,1H3. The molecule has 0 aromatic rings. The number of hydrogen-bond acceptors (Lipinski definition) is 2. The van der Waals surface area contributed by atoms with Gasteiger partial charge in [-0.1, -0.05) is 19.8 Å². The van der Waals surface area contributed by atoms with Crippen molar-refractivity contribution in [1.29, 1.82) is 0 Å². The van der Waals surface area contributed by atoms with E-state index in [9.17, 15) is 5.11 Å². The summed E-state index contributed by atoms with van der Waals surface area (Å²) in [6.45, 7) is 3.76. The molecule has 0 spiro atoms. The topological polar surface area (TPSA) is 32.3 Å². The van der Waals surface area contributed by atoms with Crippen molar-refractivity contribution >= 4 is 0 Å². The molecule has 0 radical (unpaired) electrons. The first kappa shape index (κ1) is 10.4. The molecule has 0 heterocycles. The summed E-state index contributed by atoms with van der Waals surface area (Å²) in [6.07, 6.45) is 7.73. The maximum absolute atomic E-state index is 9.53. The van der Waals surface area contributed by atoms with Crippen LogP contribution in [0.25, 0.3) is 0 Å². The second-order valence-electron chi connectivity index (χ2n) is 5.46. The molecule has 2 aliphatic carbocycles. The van der Waals surface area contributed by atoms with Gasteiger partial charge >= 0.3 is 0 Å². The third-order valence-corrected chi connectivity index (χ3v) is 3.86. The zero-order valence-electron chi connectivity index (χ0n) is 9.26. The van der Waals surface area contributed by atoms with Crippen LogP contribution in [0.15, 0.2) is 0 Å². The van der Waals surface area contributed by atoms with Gasteiger partial charge in [-0.2, -0.15) is 0 Å². The van der Waals surface area contributed by atoms with Crippen LogP contribution in [0.2, 0.25) is 0 Å². The van der Waals surface area contributed by atoms with Crippen LogP contribution >= 0.6 is 0 Å². The average molecular weight is 197 g/mol. The first-order valence-electron chi connectivity index (χ1n) is 6.10. The normalized spacial score (nSPS) is 38.6. The van der Waals surface area contributed by atoms with E-state index in [0.717, 1.165) is 24.8 Å². The number of aliphatic hydroxyl groups is 1. The molecule has 0 aromatic carbocycles. The lowest BCUT2D eigenvalue weighted by atomic mass is 9.77. The van der Waals surface area contributed by atoms with E-state index in [1.807, 2.05) is 0 Å². The Balaban J connectivity index is 1.85. The highest BCUT2D eigenvalue weighted by atomic mass is 16.3. The van der Waals surface area contributed by atoms with Gasteiger partial charge in [-0.15, -0.1) is 0 Å². The van der Waals surface area contributed by atoms with Gasteiger partial charge < -0.3 is 10.4 Å². The van der Waals surface area contributed by atoms with Crippen molar-refractivity contribution in [3.8, 4) is 0 Å². The quantitative estimate of drug-likeness (QED) is 0.722. The molecule has 0 aliphatic heterocycles. The summed E-state index contributed by atoms with van der Waals surface area (Å²) in [5, 5.41) is 13.2. The molecule has 82 valence electrons. The molecule has 2 N–H and O–H groups in total. The third-order valence-electron chi connectivity index (χ3n) is 3.86. The highest BCUT2D eigenvalue weighted by Crippen LogP contribution is 2.34. The van der Waals surface area contributed by atoms with Gasteiger partial charge in [0.15, 0.2) is 0 Å². The van der Waals surface area contributed by atoms with Gasteiger partial charge in [-0.25, -0.2) is 0 Å². The van der Waals surface area contributed by atoms with Crippen molar-refractivity contribution in [3.05, 3.63) is 0 Å². The zero-order chi connectivity index (χ0) is 10.0. The van der Waals surface area contributed by atoms with Gasteiger partial charge in [0.2, 0.25) is 0 Å². The van der Waals surface area contributed by atoms with Gasteiger partial charge in [-0.05, 0) is 44.1 Å². The molecule has 2 unspecified atom stereocenters. The molecular formula is C12H23NO. The fraction of sp³-hybridized carbons (Fsp3) is 1.00. The summed E-state index contributed by atoms with van der Waals surface area (Å²) in [5.74, 6) is 1.69. The average Bonchev–Trinajstić information content (AvgIpc) is 2.98. The molecular weight excluding hydrogens is 174 g/mol. The lowest BCUT2D eigenvalue weighted by molar-refractivity contribution is 0.0988. The van der Waals surface area contributed by atoms with E-state index < -0.39 is 0 Å². The van der Waals surface area contributed by atoms with Crippen LogP contribution in [0, 0.1) is 11.8 Å². The smallest absolute Gasteiger partial charge is 0.0613 e. The van der Waals surface area contributed by atoms with Gasteiger partial charge in [0.05, 0.1) is 6.61 Å². The molecule has 0 amide bonds. The Morgan fingerprint density at radius 1 is 1.36 bits per heavy atom. The van der Waals surface area contributed by atoms with Crippen molar-refractivity contribution in [2.45, 2.75) is 51.0 Å². The summed E-state index contributed by atoms with van der Waals surface area (Å²) >= 11 is 0. The van der Waals surface area contributed by atoms with Crippen LogP contribution in [0.4, 0.5) is 0 Å². The van der Waals surface area contributed by atoms with Crippen LogP contribution in [-0.4, -0.2) is 23.8 Å². The van der Waals surface area contributed by atoms with Crippen LogP contribution in [0.5, 0.6) is 0 Å². The molecule has 2 nitrogen and oxygen atoms in total. The maximum atomic E-state index is 9.53. The molecule has 2 aliphatic rings. The van der Waals surface area contributed by atoms with Crippen LogP contribution in [0.3, 0.4) is 0 Å². The Morgan fingerprint density at radius 3 is 2.71 bits per heavy atom. The monoisotopic (exact) mass is 197 g/mol. The van der Waals surface area contributed by atoms with Crippen LogP contribution in [-0.2, 0) is 0 Å². The number of rotatable bonds is 4. The summed E-state index contributed by atoms with van der Waals surface area (Å²) in [6, 6.07) is 0. The van der Waals surface area contributed by atoms with Crippen molar-refractivity contribution in [2.75, 3.05) is 13.2 Å². The summed E-state index contributed by atoms with van der Waals surface area (Å²) in [7, 11) is 0. The molecule has 2 atom stereocenters. The second-order valence-corrected chi connectivity index (χ2v) is 5.46. The van der Waals surface area contributed by atoms with Crippen molar-refractivity contribution < 1.29 is 5.11 Å². The lowest BCUT2D eigenvalue weighted by Crippen LogP contribution is -2.52. The van der Waals surface area contributed by atoms with Gasteiger partial charge in [0.1, 0.15) is 0 Å². The lowest BCUT2D eigenvalue weighted by Gasteiger charge is -2.39. The van der Waals surface area contributed by atoms with E-state index in [1.165, 1.54) is 32.1 Å². The summed E-state index contributed by atoms with van der Waals surface area (Å²) in [4.78, 5) is 0. The van der Waals surface area contributed by atoms with Crippen molar-refractivity contribution in [3.63, 3.8) is 0 Å². The van der Waals surface area contributed by atoms with E-state index in [4.69, 9.17) is 0 Å². The predicted molar refractivity (Wildman–Crippen MR) is 58.2 cm³/mol. The largest absolute Gasteiger partial charge is 0.394 e. The highest BCUT2D eigenvalue weighted by molar-refractivity contribution is 4.93. The van der Waals surface area contributed by atoms with Crippen LogP contribution in [0.1, 0.15) is 45.4 Å². The molecule has 14 heavy (non-hydrogen) atoms. The molecule has 2 saturated carbocycles. The Kier molecular flexibility index (Phi) is 3.13. The van der Waals surface area contributed by atoms with Crippen molar-refractivity contribution in [1.82, 2.24) is 5.32 Å². The molecule has 0 aromatic heterocycles. The zero-order valence-corrected chi connectivity index (χ0v) is 9.26. The Morgan fingerprint density at radius 2 is 2.14 bits per heavy atom. The number of hydrogen-bond donors (Lipinski definition) is 2. The van der Waals surface area contributed by atoms with E-state index >= 15 is 0 Å². The molecule has 0 saturated heterocycles. The van der Waals surface area contributed by atoms with Gasteiger partial charge in [0.25, 0.3) is 0 Å². The Labute approximate surface area is 87.1 Å². The summed E-state index contributed by atoms with van der Waals surface area (Å²) < 4.78 is 0. The minimum atomic E-state index is 0.0697. The Hall–Kier alpha value is -0.0800. The maximum Gasteiger partial charge on any atom is 0.0613 e. The molecule has 2 rings (SSSR count). The Bertz CT molecular complexity index is 191. The fourth-order valence-corrected chi connectivity index (χ4v) is 2.70. The number of aliphatic hydroxyl groups excluding tert-OH is 1. The minimum absolute atomic E-state index is 0.0697. The van der Waals surface area contributed by atoms with E-state index in [2.05, 4.69) is 12.2 Å². The van der Waals surface area contributed by atoms with E-state index in [0.29, 0.717) is 6.61 Å². The van der Waals surface area contributed by atoms with E-state index in [1.54, 1.807) is 0 Å². The van der Waals surface area contributed by atoms with Crippen LogP contribution < -0.4 is 5.32 Å². The highest BCUT2D eigenvalue weighted by Gasteiger charge is 2.35. The molecule has 2 heteroatoms. The predicted octanol–water partition coefficient (Wildman–Crippen LogP) is 1.93. The van der Waals surface area contributed by atoms with Gasteiger partial charge in [0, 0.05) is 5.54 Å². The van der Waals surface area contributed by atoms with Crippen molar-refractivity contribution in [2.24, 2.45) is 11.8 Å². The SMILES string of the molecule is CC1CCCC(CO)(NCC2CC2)C1. The third kappa shape index (κ3) is 2.48. The number of nitrogens with one attached hydrogen (secondary N) is 1. The molecule has 2 fully saturated rings. The minimum Gasteiger partial charge on any atom is -0.394 e. The van der Waals surface area contributed by atoms with Gasteiger partial charge in [-0.3, -0.25) is 0 Å².